The molecule has 0 N–H and O–H groups in total. The normalized spacial score (nSPS) is 21.8. The van der Waals surface area contributed by atoms with E-state index in [2.05, 4.69) is 20.5 Å². The first kappa shape index (κ1) is 16.8. The van der Waals surface area contributed by atoms with Crippen molar-refractivity contribution >= 4 is 17.2 Å². The lowest BCUT2D eigenvalue weighted by Gasteiger charge is -2.34. The molecule has 2 fully saturated rings. The Balaban J connectivity index is 1.32. The topological polar surface area (TPSA) is 50.6 Å². The van der Waals surface area contributed by atoms with Crippen molar-refractivity contribution in [2.24, 2.45) is 7.05 Å². The van der Waals surface area contributed by atoms with E-state index in [1.807, 2.05) is 30.4 Å². The number of imidazole rings is 1. The van der Waals surface area contributed by atoms with E-state index in [0.29, 0.717) is 0 Å². The molecule has 0 saturated carbocycles. The molecule has 2 aromatic rings. The Morgan fingerprint density at radius 1 is 1.32 bits per heavy atom. The van der Waals surface area contributed by atoms with Crippen LogP contribution in [0.5, 0.6) is 0 Å². The van der Waals surface area contributed by atoms with Gasteiger partial charge in [-0.05, 0) is 25.0 Å². The molecular weight excluding hydrogens is 336 g/mol. The second-order valence-corrected chi connectivity index (χ2v) is 7.84. The number of hydrogen-bond donors (Lipinski definition) is 0. The van der Waals surface area contributed by atoms with Crippen molar-refractivity contribution in [1.82, 2.24) is 19.4 Å². The maximum Gasteiger partial charge on any atom is 0.264 e. The summed E-state index contributed by atoms with van der Waals surface area (Å²) in [6, 6.07) is 4.02. The number of carbonyl (C=O) groups is 1. The van der Waals surface area contributed by atoms with Crippen LogP contribution >= 0.6 is 11.3 Å². The average Bonchev–Trinajstić information content (AvgIpc) is 3.37. The van der Waals surface area contributed by atoms with Crippen LogP contribution in [0.1, 0.15) is 39.3 Å². The average molecular weight is 360 g/mol. The van der Waals surface area contributed by atoms with Gasteiger partial charge in [-0.2, -0.15) is 0 Å². The Bertz CT molecular complexity index is 727. The van der Waals surface area contributed by atoms with Gasteiger partial charge in [-0.25, -0.2) is 4.98 Å². The summed E-state index contributed by atoms with van der Waals surface area (Å²) in [5.41, 5.74) is 0. The standard InChI is InChI=1S/C18H24N4O2S/c1-20-7-6-19-17(20)13-21-8-10-22(11-9-21)18(23)16-5-4-15(25-16)14-3-2-12-24-14/h4-7,14H,2-3,8-13H2,1H3. The second kappa shape index (κ2) is 7.27. The molecule has 0 spiro atoms. The Kier molecular flexibility index (Phi) is 4.87. The van der Waals surface area contributed by atoms with Crippen molar-refractivity contribution in [2.75, 3.05) is 32.8 Å². The number of aryl methyl sites for hydroxylation is 1. The molecule has 2 aliphatic rings. The summed E-state index contributed by atoms with van der Waals surface area (Å²) < 4.78 is 7.77. The van der Waals surface area contributed by atoms with Gasteiger partial charge >= 0.3 is 0 Å². The van der Waals surface area contributed by atoms with Gasteiger partial charge < -0.3 is 14.2 Å². The third-order valence-corrected chi connectivity index (χ3v) is 6.20. The minimum atomic E-state index is 0.158. The molecule has 0 aliphatic carbocycles. The minimum absolute atomic E-state index is 0.158. The van der Waals surface area contributed by atoms with Crippen molar-refractivity contribution in [2.45, 2.75) is 25.5 Å². The van der Waals surface area contributed by atoms with Crippen LogP contribution in [-0.4, -0.2) is 58.0 Å². The summed E-state index contributed by atoms with van der Waals surface area (Å²) in [6.07, 6.45) is 6.18. The van der Waals surface area contributed by atoms with Gasteiger partial charge in [0.1, 0.15) is 5.82 Å². The SMILES string of the molecule is Cn1ccnc1CN1CCN(C(=O)c2ccc(C3CCCO3)s2)CC1. The summed E-state index contributed by atoms with van der Waals surface area (Å²) in [5, 5.41) is 0. The number of amides is 1. The van der Waals surface area contributed by atoms with E-state index < -0.39 is 0 Å². The number of carbonyl (C=O) groups excluding carboxylic acids is 1. The smallest absolute Gasteiger partial charge is 0.264 e. The van der Waals surface area contributed by atoms with E-state index >= 15 is 0 Å². The van der Waals surface area contributed by atoms with Crippen LogP contribution in [0.3, 0.4) is 0 Å². The molecule has 7 heteroatoms. The fourth-order valence-corrected chi connectivity index (χ4v) is 4.52. The lowest BCUT2D eigenvalue weighted by atomic mass is 10.2. The minimum Gasteiger partial charge on any atom is -0.373 e. The molecule has 6 nitrogen and oxygen atoms in total. The van der Waals surface area contributed by atoms with Crippen LogP contribution in [0.2, 0.25) is 0 Å². The molecule has 134 valence electrons. The van der Waals surface area contributed by atoms with Gasteiger partial charge in [0, 0.05) is 57.1 Å². The fourth-order valence-electron chi connectivity index (χ4n) is 3.46. The zero-order valence-electron chi connectivity index (χ0n) is 14.6. The summed E-state index contributed by atoms with van der Waals surface area (Å²) in [5.74, 6) is 1.23. The van der Waals surface area contributed by atoms with Crippen LogP contribution in [0.25, 0.3) is 0 Å². The zero-order chi connectivity index (χ0) is 17.2. The van der Waals surface area contributed by atoms with Crippen molar-refractivity contribution < 1.29 is 9.53 Å². The quantitative estimate of drug-likeness (QED) is 0.839. The number of thiophene rings is 1. The molecule has 0 aromatic carbocycles. The molecular formula is C18H24N4O2S. The van der Waals surface area contributed by atoms with Crippen LogP contribution in [0, 0.1) is 0 Å². The summed E-state index contributed by atoms with van der Waals surface area (Å²) in [7, 11) is 2.02. The Hall–Kier alpha value is -1.70. The number of nitrogens with zero attached hydrogens (tertiary/aromatic N) is 4. The Morgan fingerprint density at radius 2 is 2.16 bits per heavy atom. The molecule has 2 saturated heterocycles. The molecule has 4 heterocycles. The first-order valence-electron chi connectivity index (χ1n) is 8.90. The maximum atomic E-state index is 12.8. The lowest BCUT2D eigenvalue weighted by molar-refractivity contribution is 0.0629. The van der Waals surface area contributed by atoms with Gasteiger partial charge in [-0.15, -0.1) is 11.3 Å². The summed E-state index contributed by atoms with van der Waals surface area (Å²) in [4.78, 5) is 23.5. The molecule has 1 amide bonds. The second-order valence-electron chi connectivity index (χ2n) is 6.73. The third-order valence-electron chi connectivity index (χ3n) is 5.03. The fraction of sp³-hybridized carbons (Fsp3) is 0.556. The molecule has 0 bridgehead atoms. The van der Waals surface area contributed by atoms with Gasteiger partial charge in [0.05, 0.1) is 17.5 Å². The van der Waals surface area contributed by atoms with E-state index in [1.54, 1.807) is 11.3 Å². The number of aromatic nitrogens is 2. The predicted molar refractivity (Wildman–Crippen MR) is 96.6 cm³/mol. The highest BCUT2D eigenvalue weighted by Gasteiger charge is 2.26. The van der Waals surface area contributed by atoms with Crippen molar-refractivity contribution in [1.29, 1.82) is 0 Å². The van der Waals surface area contributed by atoms with Gasteiger partial charge in [0.25, 0.3) is 5.91 Å². The molecule has 25 heavy (non-hydrogen) atoms. The largest absolute Gasteiger partial charge is 0.373 e. The van der Waals surface area contributed by atoms with Crippen LogP contribution in [0.15, 0.2) is 24.5 Å². The zero-order valence-corrected chi connectivity index (χ0v) is 15.4. The van der Waals surface area contributed by atoms with Crippen molar-refractivity contribution in [3.63, 3.8) is 0 Å². The number of hydrogen-bond acceptors (Lipinski definition) is 5. The number of piperazine rings is 1. The van der Waals surface area contributed by atoms with Crippen molar-refractivity contribution in [3.8, 4) is 0 Å². The molecule has 0 radical (unpaired) electrons. The van der Waals surface area contributed by atoms with Crippen LogP contribution in [-0.2, 0) is 18.3 Å². The third kappa shape index (κ3) is 3.63. The Labute approximate surface area is 152 Å². The predicted octanol–water partition coefficient (Wildman–Crippen LogP) is 2.29. The van der Waals surface area contributed by atoms with E-state index in [0.717, 1.165) is 62.9 Å². The highest BCUT2D eigenvalue weighted by Crippen LogP contribution is 2.33. The van der Waals surface area contributed by atoms with Crippen LogP contribution < -0.4 is 0 Å². The first-order chi connectivity index (χ1) is 12.2. The molecule has 1 atom stereocenters. The monoisotopic (exact) mass is 360 g/mol. The number of ether oxygens (including phenoxy) is 1. The first-order valence-corrected chi connectivity index (χ1v) is 9.71. The van der Waals surface area contributed by atoms with Crippen LogP contribution in [0.4, 0.5) is 0 Å². The van der Waals surface area contributed by atoms with Crippen molar-refractivity contribution in [3.05, 3.63) is 40.1 Å². The Morgan fingerprint density at radius 3 is 2.84 bits per heavy atom. The lowest BCUT2D eigenvalue weighted by Crippen LogP contribution is -2.48. The molecule has 2 aromatic heterocycles. The maximum absolute atomic E-state index is 12.8. The van der Waals surface area contributed by atoms with Gasteiger partial charge in [-0.3, -0.25) is 9.69 Å². The molecule has 2 aliphatic heterocycles. The van der Waals surface area contributed by atoms with E-state index in [9.17, 15) is 4.79 Å². The van der Waals surface area contributed by atoms with E-state index in [1.165, 1.54) is 4.88 Å². The molecule has 4 rings (SSSR count). The highest BCUT2D eigenvalue weighted by atomic mass is 32.1. The summed E-state index contributed by atoms with van der Waals surface area (Å²) >= 11 is 1.60. The van der Waals surface area contributed by atoms with Gasteiger partial charge in [0.15, 0.2) is 0 Å². The highest BCUT2D eigenvalue weighted by molar-refractivity contribution is 7.14. The van der Waals surface area contributed by atoms with E-state index in [4.69, 9.17) is 4.74 Å². The van der Waals surface area contributed by atoms with Gasteiger partial charge in [0.2, 0.25) is 0 Å². The summed E-state index contributed by atoms with van der Waals surface area (Å²) in [6.45, 7) is 5.01. The van der Waals surface area contributed by atoms with E-state index in [-0.39, 0.29) is 12.0 Å². The van der Waals surface area contributed by atoms with Gasteiger partial charge in [-0.1, -0.05) is 0 Å². The number of rotatable bonds is 4. The molecule has 1 unspecified atom stereocenters.